The van der Waals surface area contributed by atoms with E-state index < -0.39 is 15.8 Å². The lowest BCUT2D eigenvalue weighted by atomic mass is 10.2. The van der Waals surface area contributed by atoms with Gasteiger partial charge in [-0.05, 0) is 23.8 Å². The highest BCUT2D eigenvalue weighted by atomic mass is 32.2. The molecule has 106 valence electrons. The van der Waals surface area contributed by atoms with Crippen LogP contribution in [0.3, 0.4) is 0 Å². The van der Waals surface area contributed by atoms with Gasteiger partial charge in [0.1, 0.15) is 5.82 Å². The summed E-state index contributed by atoms with van der Waals surface area (Å²) in [5, 5.41) is 0. The lowest BCUT2D eigenvalue weighted by Gasteiger charge is -2.08. The Morgan fingerprint density at radius 2 is 1.80 bits per heavy atom. The average molecular weight is 294 g/mol. The van der Waals surface area contributed by atoms with Crippen LogP contribution in [0.2, 0.25) is 0 Å². The van der Waals surface area contributed by atoms with E-state index in [-0.39, 0.29) is 23.5 Å². The van der Waals surface area contributed by atoms with Gasteiger partial charge in [0, 0.05) is 18.7 Å². The van der Waals surface area contributed by atoms with Crippen LogP contribution in [0, 0.1) is 5.82 Å². The molecule has 0 aliphatic rings. The maximum Gasteiger partial charge on any atom is 0.240 e. The number of sulfonamides is 1. The molecule has 0 aromatic heterocycles. The van der Waals surface area contributed by atoms with E-state index in [0.29, 0.717) is 0 Å². The lowest BCUT2D eigenvalue weighted by Crippen LogP contribution is -2.23. The maximum atomic E-state index is 13.3. The number of benzene rings is 2. The first-order valence-corrected chi connectivity index (χ1v) is 7.53. The van der Waals surface area contributed by atoms with Gasteiger partial charge < -0.3 is 5.73 Å². The quantitative estimate of drug-likeness (QED) is 0.882. The zero-order chi connectivity index (χ0) is 14.6. The molecule has 3 N–H and O–H groups in total. The van der Waals surface area contributed by atoms with Gasteiger partial charge in [0.15, 0.2) is 0 Å². The van der Waals surface area contributed by atoms with Gasteiger partial charge in [-0.25, -0.2) is 17.5 Å². The molecule has 6 heteroatoms. The smallest absolute Gasteiger partial charge is 0.240 e. The Balaban J connectivity index is 2.18. The Bertz CT molecular complexity index is 688. The van der Waals surface area contributed by atoms with Crippen LogP contribution < -0.4 is 10.5 Å². The molecule has 0 aliphatic carbocycles. The Kier molecular flexibility index (Phi) is 4.49. The molecule has 0 heterocycles. The predicted molar refractivity (Wildman–Crippen MR) is 74.8 cm³/mol. The number of hydrogen-bond acceptors (Lipinski definition) is 3. The van der Waals surface area contributed by atoms with Crippen molar-refractivity contribution in [1.29, 1.82) is 0 Å². The van der Waals surface area contributed by atoms with E-state index in [1.807, 2.05) is 30.3 Å². The highest BCUT2D eigenvalue weighted by molar-refractivity contribution is 7.89. The monoisotopic (exact) mass is 294 g/mol. The van der Waals surface area contributed by atoms with Crippen LogP contribution in [0.15, 0.2) is 53.4 Å². The Hall–Kier alpha value is -1.76. The predicted octanol–water partition coefficient (Wildman–Crippen LogP) is 1.76. The lowest BCUT2D eigenvalue weighted by molar-refractivity contribution is 0.579. The van der Waals surface area contributed by atoms with Crippen LogP contribution in [-0.4, -0.2) is 8.42 Å². The Labute approximate surface area is 117 Å². The molecule has 4 nitrogen and oxygen atoms in total. The number of hydrogen-bond donors (Lipinski definition) is 2. The van der Waals surface area contributed by atoms with Gasteiger partial charge in [0.25, 0.3) is 0 Å². The van der Waals surface area contributed by atoms with E-state index in [2.05, 4.69) is 4.72 Å². The molecule has 0 fully saturated rings. The second-order valence-electron chi connectivity index (χ2n) is 4.27. The van der Waals surface area contributed by atoms with Crippen molar-refractivity contribution in [2.45, 2.75) is 18.0 Å². The molecule has 2 rings (SSSR count). The summed E-state index contributed by atoms with van der Waals surface area (Å²) >= 11 is 0. The number of halogens is 1. The molecular formula is C14H15FN2O2S. The van der Waals surface area contributed by atoms with Crippen molar-refractivity contribution in [3.63, 3.8) is 0 Å². The fourth-order valence-corrected chi connectivity index (χ4v) is 2.80. The van der Waals surface area contributed by atoms with Crippen molar-refractivity contribution < 1.29 is 12.8 Å². The first kappa shape index (κ1) is 14.6. The van der Waals surface area contributed by atoms with Crippen molar-refractivity contribution in [2.24, 2.45) is 5.73 Å². The highest BCUT2D eigenvalue weighted by Gasteiger charge is 2.15. The van der Waals surface area contributed by atoms with E-state index in [4.69, 9.17) is 5.73 Å². The van der Waals surface area contributed by atoms with Gasteiger partial charge >= 0.3 is 0 Å². The minimum atomic E-state index is -3.68. The highest BCUT2D eigenvalue weighted by Crippen LogP contribution is 2.15. The average Bonchev–Trinajstić information content (AvgIpc) is 2.46. The molecular weight excluding hydrogens is 279 g/mol. The largest absolute Gasteiger partial charge is 0.326 e. The molecule has 0 spiro atoms. The van der Waals surface area contributed by atoms with Crippen LogP contribution >= 0.6 is 0 Å². The van der Waals surface area contributed by atoms with Crippen molar-refractivity contribution in [3.05, 3.63) is 65.5 Å². The second kappa shape index (κ2) is 6.13. The van der Waals surface area contributed by atoms with Crippen molar-refractivity contribution >= 4 is 10.0 Å². The van der Waals surface area contributed by atoms with Crippen LogP contribution in [0.4, 0.5) is 4.39 Å². The van der Waals surface area contributed by atoms with Crippen LogP contribution in [-0.2, 0) is 23.1 Å². The van der Waals surface area contributed by atoms with Gasteiger partial charge in [0.05, 0.1) is 4.90 Å². The molecule has 0 radical (unpaired) electrons. The molecule has 0 saturated carbocycles. The van der Waals surface area contributed by atoms with Gasteiger partial charge in [0.2, 0.25) is 10.0 Å². The third-order valence-electron chi connectivity index (χ3n) is 2.86. The standard InChI is InChI=1S/C14H15FN2O2S/c15-14-7-6-13(8-12(14)9-16)20(18,19)17-10-11-4-2-1-3-5-11/h1-8,17H,9-10,16H2. The first-order valence-electron chi connectivity index (χ1n) is 6.05. The summed E-state index contributed by atoms with van der Waals surface area (Å²) in [5.74, 6) is -0.505. The van der Waals surface area contributed by atoms with Crippen molar-refractivity contribution in [2.75, 3.05) is 0 Å². The second-order valence-corrected chi connectivity index (χ2v) is 6.03. The molecule has 20 heavy (non-hydrogen) atoms. The summed E-state index contributed by atoms with van der Waals surface area (Å²) in [5.41, 5.74) is 6.39. The molecule has 0 unspecified atom stereocenters. The number of rotatable bonds is 5. The third-order valence-corrected chi connectivity index (χ3v) is 4.26. The molecule has 2 aromatic carbocycles. The van der Waals surface area contributed by atoms with Crippen LogP contribution in [0.25, 0.3) is 0 Å². The van der Waals surface area contributed by atoms with E-state index >= 15 is 0 Å². The minimum Gasteiger partial charge on any atom is -0.326 e. The topological polar surface area (TPSA) is 72.2 Å². The van der Waals surface area contributed by atoms with Crippen molar-refractivity contribution in [3.8, 4) is 0 Å². The summed E-state index contributed by atoms with van der Waals surface area (Å²) in [4.78, 5) is 0.00952. The normalized spacial score (nSPS) is 11.5. The summed E-state index contributed by atoms with van der Waals surface area (Å²) in [6.07, 6.45) is 0. The summed E-state index contributed by atoms with van der Waals surface area (Å²) in [6, 6.07) is 12.7. The van der Waals surface area contributed by atoms with E-state index in [9.17, 15) is 12.8 Å². The zero-order valence-electron chi connectivity index (χ0n) is 10.7. The molecule has 0 aliphatic heterocycles. The van der Waals surface area contributed by atoms with Gasteiger partial charge in [-0.2, -0.15) is 0 Å². The number of nitrogens with two attached hydrogens (primary N) is 1. The van der Waals surface area contributed by atoms with E-state index in [1.165, 1.54) is 12.1 Å². The Morgan fingerprint density at radius 3 is 2.45 bits per heavy atom. The maximum absolute atomic E-state index is 13.3. The summed E-state index contributed by atoms with van der Waals surface area (Å²) in [7, 11) is -3.68. The minimum absolute atomic E-state index is 0.00952. The SMILES string of the molecule is NCc1cc(S(=O)(=O)NCc2ccccc2)ccc1F. The molecule has 0 saturated heterocycles. The van der Waals surface area contributed by atoms with Crippen molar-refractivity contribution in [1.82, 2.24) is 4.72 Å². The zero-order valence-corrected chi connectivity index (χ0v) is 11.5. The van der Waals surface area contributed by atoms with Gasteiger partial charge in [-0.15, -0.1) is 0 Å². The fraction of sp³-hybridized carbons (Fsp3) is 0.143. The fourth-order valence-electron chi connectivity index (χ4n) is 1.73. The van der Waals surface area contributed by atoms with Crippen LogP contribution in [0.1, 0.15) is 11.1 Å². The van der Waals surface area contributed by atoms with E-state index in [1.54, 1.807) is 0 Å². The molecule has 0 bridgehead atoms. The van der Waals surface area contributed by atoms with E-state index in [0.717, 1.165) is 11.6 Å². The van der Waals surface area contributed by atoms with Gasteiger partial charge in [-0.3, -0.25) is 0 Å². The molecule has 2 aromatic rings. The number of nitrogens with one attached hydrogen (secondary N) is 1. The molecule has 0 amide bonds. The summed E-state index contributed by atoms with van der Waals surface area (Å²) in [6.45, 7) is 0.131. The van der Waals surface area contributed by atoms with Gasteiger partial charge in [-0.1, -0.05) is 30.3 Å². The third kappa shape index (κ3) is 3.41. The molecule has 0 atom stereocenters. The first-order chi connectivity index (χ1) is 9.53. The Morgan fingerprint density at radius 1 is 1.10 bits per heavy atom. The summed E-state index contributed by atoms with van der Waals surface area (Å²) < 4.78 is 40.0. The van der Waals surface area contributed by atoms with Crippen LogP contribution in [0.5, 0.6) is 0 Å².